The first kappa shape index (κ1) is 14.9. The van der Waals surface area contributed by atoms with Crippen LogP contribution < -0.4 is 0 Å². The van der Waals surface area contributed by atoms with Gasteiger partial charge in [0, 0.05) is 13.5 Å². The highest BCUT2D eigenvalue weighted by atomic mass is 17.2. The van der Waals surface area contributed by atoms with Crippen LogP contribution in [0.15, 0.2) is 0 Å². The third kappa shape index (κ3) is 10.2. The number of hydrogen-bond donors (Lipinski definition) is 0. The van der Waals surface area contributed by atoms with Gasteiger partial charge in [0.2, 0.25) is 0 Å². The molecule has 0 bridgehead atoms. The van der Waals surface area contributed by atoms with Gasteiger partial charge in [-0.15, -0.1) is 0 Å². The van der Waals surface area contributed by atoms with Gasteiger partial charge in [0.05, 0.1) is 5.60 Å². The summed E-state index contributed by atoms with van der Waals surface area (Å²) in [6, 6.07) is 0. The molecule has 0 N–H and O–H groups in total. The summed E-state index contributed by atoms with van der Waals surface area (Å²) in [6.45, 7) is 8.07. The van der Waals surface area contributed by atoms with Crippen LogP contribution in [0.2, 0.25) is 0 Å². The lowest BCUT2D eigenvalue weighted by molar-refractivity contribution is -0.413. The molecule has 15 heavy (non-hydrogen) atoms. The summed E-state index contributed by atoms with van der Waals surface area (Å²) in [7, 11) is 1.65. The second kappa shape index (κ2) is 8.08. The van der Waals surface area contributed by atoms with Gasteiger partial charge < -0.3 is 4.74 Å². The Morgan fingerprint density at radius 2 is 1.73 bits per heavy atom. The zero-order valence-electron chi connectivity index (χ0n) is 10.8. The first-order valence-electron chi connectivity index (χ1n) is 5.87. The molecule has 0 spiro atoms. The van der Waals surface area contributed by atoms with Crippen molar-refractivity contribution in [1.82, 2.24) is 0 Å². The lowest BCUT2D eigenvalue weighted by Crippen LogP contribution is -2.25. The van der Waals surface area contributed by atoms with E-state index in [0.717, 1.165) is 12.8 Å². The third-order valence-electron chi connectivity index (χ3n) is 1.96. The molecule has 3 nitrogen and oxygen atoms in total. The van der Waals surface area contributed by atoms with Gasteiger partial charge >= 0.3 is 0 Å². The van der Waals surface area contributed by atoms with Crippen molar-refractivity contribution in [1.29, 1.82) is 0 Å². The molecule has 0 radical (unpaired) electrons. The quantitative estimate of drug-likeness (QED) is 0.269. The standard InChI is InChI=1S/C12H26O3/c1-6-7-8-9-10-11(13-5)14-15-12(2,3)4/h11H,6-10H2,1-5H3. The largest absolute Gasteiger partial charge is 0.353 e. The molecular formula is C12H26O3. The van der Waals surface area contributed by atoms with Crippen LogP contribution in [0, 0.1) is 0 Å². The molecule has 3 heteroatoms. The van der Waals surface area contributed by atoms with Crippen LogP contribution in [0.4, 0.5) is 0 Å². The van der Waals surface area contributed by atoms with Crippen molar-refractivity contribution in [2.75, 3.05) is 7.11 Å². The predicted molar refractivity (Wildman–Crippen MR) is 61.5 cm³/mol. The van der Waals surface area contributed by atoms with Crippen LogP contribution in [-0.4, -0.2) is 19.0 Å². The molecule has 92 valence electrons. The van der Waals surface area contributed by atoms with Gasteiger partial charge in [-0.2, -0.15) is 0 Å². The van der Waals surface area contributed by atoms with E-state index < -0.39 is 0 Å². The Morgan fingerprint density at radius 1 is 1.07 bits per heavy atom. The van der Waals surface area contributed by atoms with E-state index in [1.54, 1.807) is 7.11 Å². The first-order chi connectivity index (χ1) is 6.99. The third-order valence-corrected chi connectivity index (χ3v) is 1.96. The summed E-state index contributed by atoms with van der Waals surface area (Å²) in [5, 5.41) is 0. The molecule has 0 amide bonds. The minimum absolute atomic E-state index is 0.235. The second-order valence-corrected chi connectivity index (χ2v) is 4.81. The zero-order valence-corrected chi connectivity index (χ0v) is 10.8. The molecular weight excluding hydrogens is 192 g/mol. The van der Waals surface area contributed by atoms with Gasteiger partial charge in [0.15, 0.2) is 6.29 Å². The highest BCUT2D eigenvalue weighted by molar-refractivity contribution is 4.55. The maximum Gasteiger partial charge on any atom is 0.190 e. The molecule has 0 rings (SSSR count). The maximum absolute atomic E-state index is 5.21. The summed E-state index contributed by atoms with van der Waals surface area (Å²) in [6.07, 6.45) is 5.54. The molecule has 0 aliphatic heterocycles. The number of rotatable bonds is 8. The zero-order chi connectivity index (χ0) is 11.7. The molecule has 0 aromatic heterocycles. The van der Waals surface area contributed by atoms with E-state index in [1.165, 1.54) is 19.3 Å². The minimum Gasteiger partial charge on any atom is -0.353 e. The van der Waals surface area contributed by atoms with E-state index in [1.807, 2.05) is 20.8 Å². The minimum atomic E-state index is -0.278. The highest BCUT2D eigenvalue weighted by Crippen LogP contribution is 2.13. The van der Waals surface area contributed by atoms with Crippen molar-refractivity contribution in [3.05, 3.63) is 0 Å². The molecule has 0 aliphatic rings. The second-order valence-electron chi connectivity index (χ2n) is 4.81. The van der Waals surface area contributed by atoms with Gasteiger partial charge in [-0.3, -0.25) is 0 Å². The summed E-state index contributed by atoms with van der Waals surface area (Å²) >= 11 is 0. The average Bonchev–Trinajstić information content (AvgIpc) is 2.15. The lowest BCUT2D eigenvalue weighted by Gasteiger charge is -2.22. The molecule has 0 saturated heterocycles. The van der Waals surface area contributed by atoms with Gasteiger partial charge in [-0.05, 0) is 27.2 Å². The van der Waals surface area contributed by atoms with Crippen LogP contribution in [0.5, 0.6) is 0 Å². The van der Waals surface area contributed by atoms with E-state index in [9.17, 15) is 0 Å². The first-order valence-corrected chi connectivity index (χ1v) is 5.87. The van der Waals surface area contributed by atoms with Crippen molar-refractivity contribution in [2.24, 2.45) is 0 Å². The SMILES string of the molecule is CCCCCCC(OC)OOC(C)(C)C. The molecule has 1 atom stereocenters. The monoisotopic (exact) mass is 218 g/mol. The van der Waals surface area contributed by atoms with E-state index in [4.69, 9.17) is 14.5 Å². The molecule has 0 aromatic carbocycles. The van der Waals surface area contributed by atoms with Crippen molar-refractivity contribution in [2.45, 2.75) is 71.7 Å². The summed E-state index contributed by atoms with van der Waals surface area (Å²) < 4.78 is 5.18. The summed E-state index contributed by atoms with van der Waals surface area (Å²) in [4.78, 5) is 10.4. The van der Waals surface area contributed by atoms with E-state index in [-0.39, 0.29) is 11.9 Å². The fourth-order valence-electron chi connectivity index (χ4n) is 1.14. The van der Waals surface area contributed by atoms with Crippen LogP contribution >= 0.6 is 0 Å². The molecule has 0 heterocycles. The van der Waals surface area contributed by atoms with E-state index in [2.05, 4.69) is 6.92 Å². The van der Waals surface area contributed by atoms with Gasteiger partial charge in [0.25, 0.3) is 0 Å². The Bertz CT molecular complexity index is 140. The highest BCUT2D eigenvalue weighted by Gasteiger charge is 2.16. The molecule has 1 unspecified atom stereocenters. The van der Waals surface area contributed by atoms with Crippen LogP contribution in [-0.2, 0) is 14.5 Å². The molecule has 0 saturated carbocycles. The topological polar surface area (TPSA) is 27.7 Å². The Labute approximate surface area is 94.0 Å². The van der Waals surface area contributed by atoms with Gasteiger partial charge in [-0.25, -0.2) is 9.78 Å². The van der Waals surface area contributed by atoms with Gasteiger partial charge in [0.1, 0.15) is 0 Å². The van der Waals surface area contributed by atoms with E-state index >= 15 is 0 Å². The number of unbranched alkanes of at least 4 members (excludes halogenated alkanes) is 3. The van der Waals surface area contributed by atoms with Crippen LogP contribution in [0.1, 0.15) is 59.8 Å². The number of methoxy groups -OCH3 is 1. The Hall–Kier alpha value is -0.120. The average molecular weight is 218 g/mol. The fraction of sp³-hybridized carbons (Fsp3) is 1.00. The van der Waals surface area contributed by atoms with Crippen LogP contribution in [0.25, 0.3) is 0 Å². The summed E-state index contributed by atoms with van der Waals surface area (Å²) in [5.41, 5.74) is -0.278. The van der Waals surface area contributed by atoms with Gasteiger partial charge in [-0.1, -0.05) is 26.2 Å². The van der Waals surface area contributed by atoms with Crippen molar-refractivity contribution in [3.8, 4) is 0 Å². The Balaban J connectivity index is 3.55. The molecule has 0 aromatic rings. The lowest BCUT2D eigenvalue weighted by atomic mass is 10.1. The number of hydrogen-bond acceptors (Lipinski definition) is 3. The molecule has 0 fully saturated rings. The Morgan fingerprint density at radius 3 is 2.20 bits per heavy atom. The van der Waals surface area contributed by atoms with Crippen molar-refractivity contribution in [3.63, 3.8) is 0 Å². The normalized spacial score (nSPS) is 14.2. The molecule has 0 aliphatic carbocycles. The van der Waals surface area contributed by atoms with Crippen LogP contribution in [0.3, 0.4) is 0 Å². The fourth-order valence-corrected chi connectivity index (χ4v) is 1.14. The smallest absolute Gasteiger partial charge is 0.190 e. The van der Waals surface area contributed by atoms with Crippen molar-refractivity contribution >= 4 is 0 Å². The number of ether oxygens (including phenoxy) is 1. The van der Waals surface area contributed by atoms with E-state index in [0.29, 0.717) is 0 Å². The Kier molecular flexibility index (Phi) is 8.02. The maximum atomic E-state index is 5.21. The predicted octanol–water partition coefficient (Wildman–Crippen LogP) is 3.68. The van der Waals surface area contributed by atoms with Crippen molar-refractivity contribution < 1.29 is 14.5 Å². The summed E-state index contributed by atoms with van der Waals surface area (Å²) in [5.74, 6) is 0.